The molecule has 0 spiro atoms. The highest BCUT2D eigenvalue weighted by atomic mass is 32.1. The molecule has 5 rings (SSSR count). The molecule has 7 amide bonds. The van der Waals surface area contributed by atoms with Crippen molar-refractivity contribution in [1.29, 1.82) is 0 Å². The molecule has 7 N–H and O–H groups in total. The Hall–Kier alpha value is -7.36. The van der Waals surface area contributed by atoms with E-state index in [0.29, 0.717) is 86.3 Å². The Balaban J connectivity index is 1.35. The largest absolute Gasteiger partial charge is 0.467 e. The van der Waals surface area contributed by atoms with Gasteiger partial charge in [-0.05, 0) is 87.1 Å². The molecule has 75 heavy (non-hydrogen) atoms. The molecule has 3 heterocycles. The average Bonchev–Trinajstić information content (AvgIpc) is 4.21. The van der Waals surface area contributed by atoms with Gasteiger partial charge in [0, 0.05) is 45.3 Å². The topological polar surface area (TPSA) is 283 Å². The van der Waals surface area contributed by atoms with E-state index < -0.39 is 68.2 Å². The number of primary amides is 1. The summed E-state index contributed by atoms with van der Waals surface area (Å²) in [6.45, 7) is -0.432. The van der Waals surface area contributed by atoms with E-state index >= 15 is 0 Å². The van der Waals surface area contributed by atoms with Crippen LogP contribution in [0.2, 0.25) is 0 Å². The Morgan fingerprint density at radius 3 is 1.97 bits per heavy atom. The Morgan fingerprint density at radius 1 is 0.693 bits per heavy atom. The van der Waals surface area contributed by atoms with Crippen LogP contribution in [0, 0.1) is 12.3 Å². The number of aromatic nitrogens is 1. The van der Waals surface area contributed by atoms with Gasteiger partial charge >= 0.3 is 0 Å². The van der Waals surface area contributed by atoms with Crippen LogP contribution in [0.25, 0.3) is 0 Å². The summed E-state index contributed by atoms with van der Waals surface area (Å²) < 4.78 is 21.6. The van der Waals surface area contributed by atoms with Crippen molar-refractivity contribution in [2.24, 2.45) is 17.2 Å². The lowest BCUT2D eigenvalue weighted by Crippen LogP contribution is -2.51. The van der Waals surface area contributed by atoms with Crippen molar-refractivity contribution in [2.45, 2.75) is 58.3 Å². The normalized spacial score (nSPS) is 11.4. The minimum Gasteiger partial charge on any atom is -0.467 e. The second kappa shape index (κ2) is 31.4. The van der Waals surface area contributed by atoms with Crippen molar-refractivity contribution < 1.29 is 52.2 Å². The molecular weight excluding hydrogens is 987 g/mol. The van der Waals surface area contributed by atoms with E-state index in [-0.39, 0.29) is 64.2 Å². The van der Waals surface area contributed by atoms with Crippen LogP contribution in [-0.4, -0.2) is 175 Å². The SMILES string of the molecule is C#CCN(CC(=O)N(CCCCN)CC(=O)N(CC(N)=O)Cc1ccco1)C(=O)CN(CCCCN)C(=O)CN(Cc1ccc2c(c1)OCO2)C(=O)c1csc(CN(Cc2ccccc2)C(=O)CNCCCOC)n1. The number of hydrogen-bond donors (Lipinski definition) is 4. The number of unbranched alkanes of at least 4 members (excludes halogenated alkanes) is 2. The fourth-order valence-corrected chi connectivity index (χ4v) is 8.62. The number of methoxy groups -OCH3 is 1. The zero-order chi connectivity index (χ0) is 54.0. The minimum atomic E-state index is -0.769. The smallest absolute Gasteiger partial charge is 0.274 e. The monoisotopic (exact) mass is 1060 g/mol. The van der Waals surface area contributed by atoms with Crippen molar-refractivity contribution in [1.82, 2.24) is 39.7 Å². The molecule has 2 aromatic carbocycles. The molecule has 0 fully saturated rings. The first-order chi connectivity index (χ1) is 36.3. The average molecular weight is 1060 g/mol. The van der Waals surface area contributed by atoms with Gasteiger partial charge in [-0.25, -0.2) is 4.98 Å². The number of fused-ring (bicyclic) bond motifs is 1. The number of nitrogens with zero attached hydrogens (tertiary/aromatic N) is 7. The van der Waals surface area contributed by atoms with E-state index in [0.717, 1.165) is 16.9 Å². The van der Waals surface area contributed by atoms with Gasteiger partial charge in [0.2, 0.25) is 42.2 Å². The number of rotatable bonds is 34. The molecule has 22 nitrogen and oxygen atoms in total. The number of nitrogens with two attached hydrogens (primary N) is 3. The first-order valence-corrected chi connectivity index (χ1v) is 25.6. The van der Waals surface area contributed by atoms with Crippen LogP contribution < -0.4 is 32.0 Å². The summed E-state index contributed by atoms with van der Waals surface area (Å²) in [5.74, 6) is -0.178. The molecule has 0 atom stereocenters. The van der Waals surface area contributed by atoms with E-state index in [9.17, 15) is 33.6 Å². The highest BCUT2D eigenvalue weighted by molar-refractivity contribution is 7.09. The zero-order valence-corrected chi connectivity index (χ0v) is 43.3. The highest BCUT2D eigenvalue weighted by Crippen LogP contribution is 2.33. The lowest BCUT2D eigenvalue weighted by molar-refractivity contribution is -0.146. The number of carbonyl (C=O) groups is 7. The van der Waals surface area contributed by atoms with Gasteiger partial charge in [-0.2, -0.15) is 0 Å². The molecule has 404 valence electrons. The van der Waals surface area contributed by atoms with E-state index in [1.165, 1.54) is 37.2 Å². The highest BCUT2D eigenvalue weighted by Gasteiger charge is 2.30. The quantitative estimate of drug-likeness (QED) is 0.0380. The summed E-state index contributed by atoms with van der Waals surface area (Å²) in [6.07, 6.45) is 9.76. The Kier molecular flexibility index (Phi) is 24.5. The van der Waals surface area contributed by atoms with Gasteiger partial charge in [0.1, 0.15) is 29.6 Å². The molecule has 0 saturated heterocycles. The lowest BCUT2D eigenvalue weighted by Gasteiger charge is -2.31. The minimum absolute atomic E-state index is 0.0236. The number of furan rings is 1. The zero-order valence-electron chi connectivity index (χ0n) is 42.5. The van der Waals surface area contributed by atoms with Crippen molar-refractivity contribution in [3.8, 4) is 23.8 Å². The van der Waals surface area contributed by atoms with E-state index in [1.54, 1.807) is 47.7 Å². The summed E-state index contributed by atoms with van der Waals surface area (Å²) in [5, 5.41) is 5.25. The Labute approximate surface area is 441 Å². The molecule has 2 aromatic heterocycles. The molecule has 23 heteroatoms. The van der Waals surface area contributed by atoms with Gasteiger partial charge in [0.15, 0.2) is 11.5 Å². The van der Waals surface area contributed by atoms with Crippen LogP contribution in [0.3, 0.4) is 0 Å². The number of nitrogens with one attached hydrogen (secondary N) is 1. The van der Waals surface area contributed by atoms with Crippen molar-refractivity contribution in [3.05, 3.63) is 99.9 Å². The molecule has 1 aliphatic heterocycles. The third-order valence-electron chi connectivity index (χ3n) is 11.8. The Morgan fingerprint density at radius 2 is 1.33 bits per heavy atom. The van der Waals surface area contributed by atoms with Crippen molar-refractivity contribution >= 4 is 52.7 Å². The lowest BCUT2D eigenvalue weighted by atomic mass is 10.1. The third kappa shape index (κ3) is 19.5. The number of benzene rings is 2. The molecule has 0 aliphatic carbocycles. The van der Waals surface area contributed by atoms with E-state index in [4.69, 9.17) is 42.3 Å². The fourth-order valence-electron chi connectivity index (χ4n) is 7.84. The third-order valence-corrected chi connectivity index (χ3v) is 12.6. The maximum atomic E-state index is 14.6. The molecule has 0 unspecified atom stereocenters. The molecule has 0 radical (unpaired) electrons. The predicted molar refractivity (Wildman–Crippen MR) is 278 cm³/mol. The number of amides is 7. The summed E-state index contributed by atoms with van der Waals surface area (Å²) >= 11 is 1.20. The first-order valence-electron chi connectivity index (χ1n) is 24.7. The molecule has 0 bridgehead atoms. The molecule has 1 aliphatic rings. The maximum Gasteiger partial charge on any atom is 0.274 e. The van der Waals surface area contributed by atoms with Gasteiger partial charge in [0.25, 0.3) is 5.91 Å². The van der Waals surface area contributed by atoms with Crippen LogP contribution in [0.4, 0.5) is 0 Å². The predicted octanol–water partition coefficient (Wildman–Crippen LogP) is 1.37. The molecule has 0 saturated carbocycles. The Bertz CT molecular complexity index is 2520. The van der Waals surface area contributed by atoms with Gasteiger partial charge in [-0.3, -0.25) is 33.6 Å². The fraction of sp³-hybridized carbons (Fsp3) is 0.462. The van der Waals surface area contributed by atoms with Gasteiger partial charge in [0.05, 0.1) is 52.1 Å². The maximum absolute atomic E-state index is 14.6. The number of carbonyl (C=O) groups excluding carboxylic acids is 7. The number of terminal acetylenes is 1. The second-order valence-electron chi connectivity index (χ2n) is 17.6. The van der Waals surface area contributed by atoms with Crippen LogP contribution >= 0.6 is 11.3 Å². The van der Waals surface area contributed by atoms with Crippen LogP contribution in [0.1, 0.15) is 64.5 Å². The van der Waals surface area contributed by atoms with Crippen LogP contribution in [0.5, 0.6) is 11.5 Å². The van der Waals surface area contributed by atoms with Gasteiger partial charge < -0.3 is 70.5 Å². The standard InChI is InChI=1S/C52H69N11O11S/c1-3-21-58(33-49(67)60(23-10-8-19-54)35-51(69)62(31-45(55)64)30-41-15-11-25-72-41)48(66)34-59(22-9-7-18-53)50(68)36-63(29-40-16-17-43-44(26-40)74-38-73-43)52(70)42-37-75-46(57-42)32-61(28-39-13-5-4-6-14-39)47(65)27-56-20-12-24-71-2/h1,4-6,11,13-17,25-26,37,56H,7-10,12,18-24,27-36,38,53-54H2,2H3,(H2,55,64). The van der Waals surface area contributed by atoms with Crippen LogP contribution in [-0.2, 0) is 59.7 Å². The first kappa shape index (κ1) is 58.5. The number of thiazole rings is 1. The summed E-state index contributed by atoms with van der Waals surface area (Å²) in [5.41, 5.74) is 18.6. The number of hydrogen-bond acceptors (Lipinski definition) is 16. The number of ether oxygens (including phenoxy) is 3. The van der Waals surface area contributed by atoms with Crippen molar-refractivity contribution in [2.75, 3.05) is 99.0 Å². The van der Waals surface area contributed by atoms with Crippen LogP contribution in [0.15, 0.2) is 76.7 Å². The summed E-state index contributed by atoms with van der Waals surface area (Å²) in [6, 6.07) is 18.0. The summed E-state index contributed by atoms with van der Waals surface area (Å²) in [7, 11) is 1.62. The second-order valence-corrected chi connectivity index (χ2v) is 18.5. The molecule has 4 aromatic rings. The van der Waals surface area contributed by atoms with Gasteiger partial charge in [-0.1, -0.05) is 42.3 Å². The molecular formula is C52H69N11O11S. The summed E-state index contributed by atoms with van der Waals surface area (Å²) in [4.78, 5) is 109. The van der Waals surface area contributed by atoms with E-state index in [2.05, 4.69) is 16.2 Å². The van der Waals surface area contributed by atoms with Gasteiger partial charge in [-0.15, -0.1) is 17.8 Å². The van der Waals surface area contributed by atoms with Crippen molar-refractivity contribution in [3.63, 3.8) is 0 Å². The van der Waals surface area contributed by atoms with E-state index in [1.807, 2.05) is 30.3 Å².